The van der Waals surface area contributed by atoms with Crippen molar-refractivity contribution in [2.45, 2.75) is 32.9 Å². The summed E-state index contributed by atoms with van der Waals surface area (Å²) in [4.78, 5) is 0. The third kappa shape index (κ3) is 4.06. The predicted octanol–water partition coefficient (Wildman–Crippen LogP) is 3.67. The van der Waals surface area contributed by atoms with Crippen LogP contribution in [0.2, 0.25) is 0 Å². The van der Waals surface area contributed by atoms with E-state index in [-0.39, 0.29) is 0 Å². The summed E-state index contributed by atoms with van der Waals surface area (Å²) in [6.07, 6.45) is 1.17. The Bertz CT molecular complexity index is 524. The van der Waals surface area contributed by atoms with Crippen molar-refractivity contribution in [2.75, 3.05) is 13.1 Å². The van der Waals surface area contributed by atoms with Gasteiger partial charge in [0, 0.05) is 18.0 Å². The summed E-state index contributed by atoms with van der Waals surface area (Å²) < 4.78 is 6.85. The maximum atomic E-state index is 5.85. The van der Waals surface area contributed by atoms with Gasteiger partial charge in [0.15, 0.2) is 0 Å². The van der Waals surface area contributed by atoms with Gasteiger partial charge in [-0.3, -0.25) is 0 Å². The molecule has 0 radical (unpaired) electrons. The van der Waals surface area contributed by atoms with E-state index in [1.165, 1.54) is 6.42 Å². The Morgan fingerprint density at radius 2 is 2.21 bits per heavy atom. The third-order valence-corrected chi connectivity index (χ3v) is 3.67. The molecule has 19 heavy (non-hydrogen) atoms. The Labute approximate surface area is 122 Å². The highest BCUT2D eigenvalue weighted by atomic mass is 79.9. The van der Waals surface area contributed by atoms with Crippen LogP contribution >= 0.6 is 15.9 Å². The summed E-state index contributed by atoms with van der Waals surface area (Å²) in [5, 5.41) is 8.01. The van der Waals surface area contributed by atoms with Gasteiger partial charge in [-0.25, -0.2) is 0 Å². The fourth-order valence-corrected chi connectivity index (χ4v) is 2.47. The monoisotopic (exact) mass is 324 g/mol. The van der Waals surface area contributed by atoms with Crippen LogP contribution in [-0.2, 0) is 6.54 Å². The average Bonchev–Trinajstić information content (AvgIpc) is 2.81. The molecule has 0 aliphatic rings. The normalized spacial score (nSPS) is 13.0. The van der Waals surface area contributed by atoms with Crippen LogP contribution in [-0.4, -0.2) is 19.1 Å². The van der Waals surface area contributed by atoms with Crippen LogP contribution in [0.3, 0.4) is 0 Å². The summed E-state index contributed by atoms with van der Waals surface area (Å²) in [6.45, 7) is 7.18. The minimum Gasteiger partial charge on any atom is -0.459 e. The van der Waals surface area contributed by atoms with Crippen molar-refractivity contribution >= 4 is 26.9 Å². The predicted molar refractivity (Wildman–Crippen MR) is 83.4 cm³/mol. The minimum atomic E-state index is 0.434. The maximum Gasteiger partial charge on any atom is 0.148 e. The smallest absolute Gasteiger partial charge is 0.148 e. The van der Waals surface area contributed by atoms with Crippen LogP contribution < -0.4 is 10.6 Å². The molecular weight excluding hydrogens is 304 g/mol. The number of halogens is 1. The highest BCUT2D eigenvalue weighted by Gasteiger charge is 2.07. The van der Waals surface area contributed by atoms with Crippen molar-refractivity contribution in [1.82, 2.24) is 10.6 Å². The molecule has 2 aromatic rings. The van der Waals surface area contributed by atoms with Crippen molar-refractivity contribution in [2.24, 2.45) is 0 Å². The summed E-state index contributed by atoms with van der Waals surface area (Å²) in [5.74, 6) is 0.976. The average molecular weight is 325 g/mol. The van der Waals surface area contributed by atoms with E-state index in [4.69, 9.17) is 4.42 Å². The standard InChI is InChI=1S/C15H21BrN2O/c1-3-7-17-9-11(2)18-10-13-8-12-5-4-6-14(16)15(12)19-13/h4-6,8,11,17-18H,3,7,9-10H2,1-2H3. The molecule has 4 heteroatoms. The first kappa shape index (κ1) is 14.6. The lowest BCUT2D eigenvalue weighted by Crippen LogP contribution is -2.36. The van der Waals surface area contributed by atoms with E-state index in [1.807, 2.05) is 12.1 Å². The van der Waals surface area contributed by atoms with Gasteiger partial charge in [-0.2, -0.15) is 0 Å². The Morgan fingerprint density at radius 3 is 2.95 bits per heavy atom. The highest BCUT2D eigenvalue weighted by molar-refractivity contribution is 9.10. The second-order valence-corrected chi connectivity index (χ2v) is 5.71. The highest BCUT2D eigenvalue weighted by Crippen LogP contribution is 2.26. The molecule has 1 heterocycles. The Kier molecular flexibility index (Phi) is 5.43. The topological polar surface area (TPSA) is 37.2 Å². The molecule has 0 saturated carbocycles. The van der Waals surface area contributed by atoms with Gasteiger partial charge in [-0.1, -0.05) is 19.1 Å². The molecule has 3 nitrogen and oxygen atoms in total. The van der Waals surface area contributed by atoms with E-state index >= 15 is 0 Å². The zero-order chi connectivity index (χ0) is 13.7. The van der Waals surface area contributed by atoms with Crippen molar-refractivity contribution in [3.05, 3.63) is 34.5 Å². The molecule has 0 aliphatic carbocycles. The first-order valence-corrected chi connectivity index (χ1v) is 7.61. The molecule has 0 amide bonds. The van der Waals surface area contributed by atoms with Crippen molar-refractivity contribution in [3.63, 3.8) is 0 Å². The van der Waals surface area contributed by atoms with Gasteiger partial charge in [0.25, 0.3) is 0 Å². The SMILES string of the molecule is CCCNCC(C)NCc1cc2cccc(Br)c2o1. The van der Waals surface area contributed by atoms with E-state index in [0.717, 1.165) is 40.8 Å². The number of rotatable bonds is 7. The van der Waals surface area contributed by atoms with Crippen molar-refractivity contribution in [3.8, 4) is 0 Å². The van der Waals surface area contributed by atoms with E-state index < -0.39 is 0 Å². The van der Waals surface area contributed by atoms with Crippen LogP contribution in [0.25, 0.3) is 11.0 Å². The maximum absolute atomic E-state index is 5.85. The van der Waals surface area contributed by atoms with Crippen LogP contribution in [0.15, 0.2) is 33.2 Å². The lowest BCUT2D eigenvalue weighted by atomic mass is 10.2. The molecule has 1 unspecified atom stereocenters. The van der Waals surface area contributed by atoms with Crippen molar-refractivity contribution < 1.29 is 4.42 Å². The molecule has 2 rings (SSSR count). The van der Waals surface area contributed by atoms with E-state index in [2.05, 4.69) is 52.5 Å². The molecule has 104 valence electrons. The van der Waals surface area contributed by atoms with Gasteiger partial charge in [-0.15, -0.1) is 0 Å². The summed E-state index contributed by atoms with van der Waals surface area (Å²) in [7, 11) is 0. The first-order valence-electron chi connectivity index (χ1n) is 6.81. The quantitative estimate of drug-likeness (QED) is 0.763. The number of furan rings is 1. The molecule has 1 aromatic carbocycles. The van der Waals surface area contributed by atoms with Crippen LogP contribution in [0.1, 0.15) is 26.0 Å². The fourth-order valence-electron chi connectivity index (χ4n) is 2.01. The summed E-state index contributed by atoms with van der Waals surface area (Å²) in [5.41, 5.74) is 0.927. The number of nitrogens with one attached hydrogen (secondary N) is 2. The Balaban J connectivity index is 1.89. The summed E-state index contributed by atoms with van der Waals surface area (Å²) in [6, 6.07) is 8.62. The van der Waals surface area contributed by atoms with Crippen LogP contribution in [0, 0.1) is 0 Å². The lowest BCUT2D eigenvalue weighted by molar-refractivity contribution is 0.455. The summed E-state index contributed by atoms with van der Waals surface area (Å²) >= 11 is 3.51. The molecule has 0 bridgehead atoms. The molecule has 0 aliphatic heterocycles. The lowest BCUT2D eigenvalue weighted by Gasteiger charge is -2.13. The zero-order valence-corrected chi connectivity index (χ0v) is 13.1. The largest absolute Gasteiger partial charge is 0.459 e. The number of hydrogen-bond donors (Lipinski definition) is 2. The van der Waals surface area contributed by atoms with Crippen LogP contribution in [0.4, 0.5) is 0 Å². The van der Waals surface area contributed by atoms with E-state index in [9.17, 15) is 0 Å². The van der Waals surface area contributed by atoms with Crippen molar-refractivity contribution in [1.29, 1.82) is 0 Å². The zero-order valence-electron chi connectivity index (χ0n) is 11.5. The second kappa shape index (κ2) is 7.08. The second-order valence-electron chi connectivity index (χ2n) is 4.86. The van der Waals surface area contributed by atoms with E-state index in [0.29, 0.717) is 6.04 Å². The number of hydrogen-bond acceptors (Lipinski definition) is 3. The van der Waals surface area contributed by atoms with Gasteiger partial charge in [0.1, 0.15) is 11.3 Å². The third-order valence-electron chi connectivity index (χ3n) is 3.05. The molecule has 0 saturated heterocycles. The molecular formula is C15H21BrN2O. The van der Waals surface area contributed by atoms with Gasteiger partial charge in [-0.05, 0) is 48.0 Å². The number of fused-ring (bicyclic) bond motifs is 1. The molecule has 1 aromatic heterocycles. The van der Waals surface area contributed by atoms with E-state index in [1.54, 1.807) is 0 Å². The van der Waals surface area contributed by atoms with Gasteiger partial charge in [0.05, 0.1) is 11.0 Å². The van der Waals surface area contributed by atoms with Gasteiger partial charge >= 0.3 is 0 Å². The minimum absolute atomic E-state index is 0.434. The Morgan fingerprint density at radius 1 is 1.37 bits per heavy atom. The van der Waals surface area contributed by atoms with Gasteiger partial charge < -0.3 is 15.1 Å². The molecule has 1 atom stereocenters. The van der Waals surface area contributed by atoms with Gasteiger partial charge in [0.2, 0.25) is 0 Å². The molecule has 0 fully saturated rings. The molecule has 0 spiro atoms. The van der Waals surface area contributed by atoms with Crippen LogP contribution in [0.5, 0.6) is 0 Å². The number of para-hydroxylation sites is 1. The Hall–Kier alpha value is -0.840. The molecule has 2 N–H and O–H groups in total. The first-order chi connectivity index (χ1) is 9.20. The fraction of sp³-hybridized carbons (Fsp3) is 0.467. The number of benzene rings is 1.